The van der Waals surface area contributed by atoms with E-state index in [-0.39, 0.29) is 10.8 Å². The van der Waals surface area contributed by atoms with Crippen molar-refractivity contribution < 1.29 is 18.0 Å². The number of hydrogen-bond acceptors (Lipinski definition) is 4. The molecule has 0 aliphatic rings. The zero-order chi connectivity index (χ0) is 18.0. The highest BCUT2D eigenvalue weighted by Crippen LogP contribution is 2.28. The number of fused-ring (bicyclic) bond motifs is 1. The van der Waals surface area contributed by atoms with Crippen molar-refractivity contribution in [2.75, 3.05) is 5.32 Å². The van der Waals surface area contributed by atoms with Gasteiger partial charge in [-0.15, -0.1) is 5.10 Å². The van der Waals surface area contributed by atoms with E-state index in [4.69, 9.17) is 11.6 Å². The number of nitrogens with one attached hydrogen (secondary N) is 1. The third-order valence-electron chi connectivity index (χ3n) is 3.45. The van der Waals surface area contributed by atoms with Crippen molar-refractivity contribution in [1.29, 1.82) is 0 Å². The number of carbonyl (C=O) groups excluding carboxylic acids is 1. The lowest BCUT2D eigenvalue weighted by Gasteiger charge is -2.11. The van der Waals surface area contributed by atoms with E-state index in [0.29, 0.717) is 22.9 Å². The number of carbonyl (C=O) groups is 1. The van der Waals surface area contributed by atoms with Crippen LogP contribution in [0.4, 0.5) is 18.9 Å². The lowest BCUT2D eigenvalue weighted by atomic mass is 10.0. The maximum atomic E-state index is 12.4. The smallest absolute Gasteiger partial charge is 0.318 e. The summed E-state index contributed by atoms with van der Waals surface area (Å²) < 4.78 is 37.1. The van der Waals surface area contributed by atoms with Crippen molar-refractivity contribution in [3.8, 4) is 0 Å². The summed E-state index contributed by atoms with van der Waals surface area (Å²) in [6, 6.07) is 7.89. The molecular weight excluding hydrogens is 357 g/mol. The minimum atomic E-state index is -4.97. The van der Waals surface area contributed by atoms with Gasteiger partial charge in [0.05, 0.1) is 5.69 Å². The van der Waals surface area contributed by atoms with Gasteiger partial charge in [0.2, 0.25) is 0 Å². The van der Waals surface area contributed by atoms with Crippen LogP contribution in [0.1, 0.15) is 11.3 Å². The summed E-state index contributed by atoms with van der Waals surface area (Å²) in [6.07, 6.45) is -1.23. The van der Waals surface area contributed by atoms with Gasteiger partial charge < -0.3 is 5.32 Å². The first-order valence-corrected chi connectivity index (χ1v) is 7.44. The van der Waals surface area contributed by atoms with Crippen molar-refractivity contribution >= 4 is 34.0 Å². The Bertz CT molecular complexity index is 932. The van der Waals surface area contributed by atoms with E-state index in [1.165, 1.54) is 12.1 Å². The number of amides is 1. The number of pyridine rings is 1. The molecular formula is C16H10ClF3N4O. The number of benzene rings is 1. The van der Waals surface area contributed by atoms with Crippen LogP contribution in [0.5, 0.6) is 0 Å². The molecule has 3 rings (SSSR count). The second kappa shape index (κ2) is 6.64. The van der Waals surface area contributed by atoms with Gasteiger partial charge in [0, 0.05) is 35.3 Å². The summed E-state index contributed by atoms with van der Waals surface area (Å²) in [5, 5.41) is 10.8. The summed E-state index contributed by atoms with van der Waals surface area (Å²) in [5.74, 6) is -2.05. The Kier molecular flexibility index (Phi) is 4.54. The number of aromatic nitrogens is 3. The maximum Gasteiger partial charge on any atom is 0.471 e. The van der Waals surface area contributed by atoms with Crippen LogP contribution in [0.15, 0.2) is 42.7 Å². The Morgan fingerprint density at radius 2 is 1.80 bits per heavy atom. The van der Waals surface area contributed by atoms with E-state index < -0.39 is 12.1 Å². The van der Waals surface area contributed by atoms with Crippen molar-refractivity contribution in [2.24, 2.45) is 0 Å². The fraction of sp³-hybridized carbons (Fsp3) is 0.125. The van der Waals surface area contributed by atoms with Crippen molar-refractivity contribution in [1.82, 2.24) is 15.2 Å². The van der Waals surface area contributed by atoms with E-state index >= 15 is 0 Å². The fourth-order valence-electron chi connectivity index (χ4n) is 2.28. The molecule has 0 aliphatic carbocycles. The molecule has 0 saturated carbocycles. The first kappa shape index (κ1) is 17.1. The number of nitrogens with zero attached hydrogens (tertiary/aromatic N) is 3. The minimum Gasteiger partial charge on any atom is -0.318 e. The van der Waals surface area contributed by atoms with Gasteiger partial charge in [-0.25, -0.2) is 0 Å². The summed E-state index contributed by atoms with van der Waals surface area (Å²) >= 11 is 6.01. The quantitative estimate of drug-likeness (QED) is 0.766. The molecule has 0 radical (unpaired) electrons. The van der Waals surface area contributed by atoms with E-state index in [1.807, 2.05) is 12.1 Å². The van der Waals surface area contributed by atoms with Crippen LogP contribution in [0, 0.1) is 0 Å². The lowest BCUT2D eigenvalue weighted by Crippen LogP contribution is -2.29. The highest BCUT2D eigenvalue weighted by molar-refractivity contribution is 6.34. The second-order valence-corrected chi connectivity index (χ2v) is 5.54. The number of anilines is 1. The van der Waals surface area contributed by atoms with Crippen LogP contribution < -0.4 is 5.32 Å². The molecule has 0 atom stereocenters. The third kappa shape index (κ3) is 3.85. The number of alkyl halides is 3. The van der Waals surface area contributed by atoms with E-state index in [2.05, 4.69) is 15.2 Å². The average Bonchev–Trinajstić information content (AvgIpc) is 2.58. The lowest BCUT2D eigenvalue weighted by molar-refractivity contribution is -0.167. The maximum absolute atomic E-state index is 12.4. The van der Waals surface area contributed by atoms with Crippen LogP contribution in [-0.4, -0.2) is 27.3 Å². The van der Waals surface area contributed by atoms with Crippen LogP contribution in [0.25, 0.3) is 10.8 Å². The van der Waals surface area contributed by atoms with Gasteiger partial charge >= 0.3 is 12.1 Å². The second-order valence-electron chi connectivity index (χ2n) is 5.18. The van der Waals surface area contributed by atoms with Gasteiger partial charge in [-0.05, 0) is 29.8 Å². The third-order valence-corrected chi connectivity index (χ3v) is 3.73. The van der Waals surface area contributed by atoms with Crippen molar-refractivity contribution in [2.45, 2.75) is 12.6 Å². The molecule has 5 nitrogen and oxygen atoms in total. The first-order valence-electron chi connectivity index (χ1n) is 7.06. The predicted molar refractivity (Wildman–Crippen MR) is 86.3 cm³/mol. The Hall–Kier alpha value is -2.74. The molecule has 0 bridgehead atoms. The Balaban J connectivity index is 1.97. The SMILES string of the molecule is O=C(Nc1ccc2c(Cc3ccncc3)nnc(Cl)c2c1)C(F)(F)F. The van der Waals surface area contributed by atoms with Crippen LogP contribution in [0.3, 0.4) is 0 Å². The zero-order valence-corrected chi connectivity index (χ0v) is 13.3. The molecule has 0 unspecified atom stereocenters. The summed E-state index contributed by atoms with van der Waals surface area (Å²) in [6.45, 7) is 0. The molecule has 128 valence electrons. The average molecular weight is 367 g/mol. The molecule has 2 aromatic heterocycles. The standard InChI is InChI=1S/C16H10ClF3N4O/c17-14-12-8-10(22-15(25)16(18,19)20)1-2-11(12)13(23-24-14)7-9-3-5-21-6-4-9/h1-6,8H,7H2,(H,22,25). The summed E-state index contributed by atoms with van der Waals surface area (Å²) in [7, 11) is 0. The number of rotatable bonds is 3. The zero-order valence-electron chi connectivity index (χ0n) is 12.5. The Labute approximate surface area is 144 Å². The van der Waals surface area contributed by atoms with Crippen LogP contribution >= 0.6 is 11.6 Å². The van der Waals surface area contributed by atoms with Crippen molar-refractivity contribution in [3.05, 3.63) is 59.1 Å². The molecule has 2 heterocycles. The van der Waals surface area contributed by atoms with Gasteiger partial charge in [0.25, 0.3) is 0 Å². The molecule has 0 spiro atoms. The Morgan fingerprint density at radius 3 is 2.48 bits per heavy atom. The largest absolute Gasteiger partial charge is 0.471 e. The molecule has 1 N–H and O–H groups in total. The normalized spacial score (nSPS) is 11.5. The molecule has 0 saturated heterocycles. The fourth-order valence-corrected chi connectivity index (χ4v) is 2.48. The van der Waals surface area contributed by atoms with Crippen molar-refractivity contribution in [3.63, 3.8) is 0 Å². The minimum absolute atomic E-state index is 0.0282. The van der Waals surface area contributed by atoms with Gasteiger partial charge in [0.1, 0.15) is 0 Å². The molecule has 1 aromatic carbocycles. The molecule has 25 heavy (non-hydrogen) atoms. The van der Waals surface area contributed by atoms with E-state index in [9.17, 15) is 18.0 Å². The molecule has 3 aromatic rings. The van der Waals surface area contributed by atoms with Crippen LogP contribution in [0.2, 0.25) is 5.15 Å². The van der Waals surface area contributed by atoms with Gasteiger partial charge in [-0.2, -0.15) is 18.3 Å². The first-order chi connectivity index (χ1) is 11.8. The summed E-state index contributed by atoms with van der Waals surface area (Å²) in [5.41, 5.74) is 1.53. The molecule has 0 fully saturated rings. The predicted octanol–water partition coefficient (Wildman–Crippen LogP) is 3.77. The monoisotopic (exact) mass is 366 g/mol. The molecule has 9 heteroatoms. The van der Waals surface area contributed by atoms with Gasteiger partial charge in [-0.1, -0.05) is 17.7 Å². The highest BCUT2D eigenvalue weighted by atomic mass is 35.5. The van der Waals surface area contributed by atoms with E-state index in [0.717, 1.165) is 5.56 Å². The molecule has 1 amide bonds. The summed E-state index contributed by atoms with van der Waals surface area (Å²) in [4.78, 5) is 15.0. The Morgan fingerprint density at radius 1 is 1.08 bits per heavy atom. The van der Waals surface area contributed by atoms with Crippen LogP contribution in [-0.2, 0) is 11.2 Å². The molecule has 0 aliphatic heterocycles. The number of hydrogen-bond donors (Lipinski definition) is 1. The van der Waals surface area contributed by atoms with Gasteiger partial charge in [-0.3, -0.25) is 9.78 Å². The topological polar surface area (TPSA) is 67.8 Å². The van der Waals surface area contributed by atoms with E-state index in [1.54, 1.807) is 23.8 Å². The highest BCUT2D eigenvalue weighted by Gasteiger charge is 2.38. The van der Waals surface area contributed by atoms with Gasteiger partial charge in [0.15, 0.2) is 5.15 Å². The number of halogens is 4.